The highest BCUT2D eigenvalue weighted by molar-refractivity contribution is 7.09. The van der Waals surface area contributed by atoms with Gasteiger partial charge in [-0.3, -0.25) is 9.59 Å². The standard InChI is InChI=1S/C20H25N5O2S/c1-13-22-17(10-28-13)18(26)25-8-15(16-9-23(2)12-21-16)20(11-25)5-6-24(19(20)27)7-14-3-4-14/h9-10,12,14-15H,3-8,11H2,1-2H3/t15-,20-/m0/s1. The minimum Gasteiger partial charge on any atom is -0.342 e. The number of carbonyl (C=O) groups excluding carboxylic acids is 2. The summed E-state index contributed by atoms with van der Waals surface area (Å²) in [4.78, 5) is 39.4. The lowest BCUT2D eigenvalue weighted by Gasteiger charge is -2.27. The van der Waals surface area contributed by atoms with Gasteiger partial charge in [0.25, 0.3) is 5.91 Å². The zero-order valence-corrected chi connectivity index (χ0v) is 17.1. The van der Waals surface area contributed by atoms with Crippen LogP contribution in [0, 0.1) is 18.3 Å². The van der Waals surface area contributed by atoms with E-state index in [9.17, 15) is 9.59 Å². The Morgan fingerprint density at radius 1 is 1.39 bits per heavy atom. The van der Waals surface area contributed by atoms with Gasteiger partial charge in [0.05, 0.1) is 22.4 Å². The van der Waals surface area contributed by atoms with Crippen LogP contribution in [0.15, 0.2) is 17.9 Å². The third kappa shape index (κ3) is 2.85. The van der Waals surface area contributed by atoms with Gasteiger partial charge in [0.1, 0.15) is 5.69 Å². The lowest BCUT2D eigenvalue weighted by atomic mass is 9.75. The van der Waals surface area contributed by atoms with Crippen molar-refractivity contribution in [2.24, 2.45) is 18.4 Å². The number of aryl methyl sites for hydroxylation is 2. The highest BCUT2D eigenvalue weighted by atomic mass is 32.1. The van der Waals surface area contributed by atoms with Crippen molar-refractivity contribution in [1.29, 1.82) is 0 Å². The second-order valence-electron chi connectivity index (χ2n) is 8.55. The molecule has 1 aliphatic carbocycles. The first-order valence-corrected chi connectivity index (χ1v) is 10.8. The highest BCUT2D eigenvalue weighted by Gasteiger charge is 2.59. The summed E-state index contributed by atoms with van der Waals surface area (Å²) in [7, 11) is 1.94. The zero-order valence-electron chi connectivity index (χ0n) is 16.3. The molecule has 0 radical (unpaired) electrons. The maximum Gasteiger partial charge on any atom is 0.273 e. The smallest absolute Gasteiger partial charge is 0.273 e. The first-order valence-electron chi connectivity index (χ1n) is 9.95. The second kappa shape index (κ2) is 6.40. The summed E-state index contributed by atoms with van der Waals surface area (Å²) in [6.07, 6.45) is 7.02. The van der Waals surface area contributed by atoms with Gasteiger partial charge in [0.2, 0.25) is 5.91 Å². The molecule has 0 aromatic carbocycles. The predicted octanol–water partition coefficient (Wildman–Crippen LogP) is 2.05. The predicted molar refractivity (Wildman–Crippen MR) is 105 cm³/mol. The molecule has 2 aliphatic heterocycles. The van der Waals surface area contributed by atoms with Crippen LogP contribution < -0.4 is 0 Å². The fourth-order valence-corrected chi connectivity index (χ4v) is 5.38. The van der Waals surface area contributed by atoms with E-state index in [0.717, 1.165) is 30.2 Å². The van der Waals surface area contributed by atoms with Crippen molar-refractivity contribution in [3.63, 3.8) is 0 Å². The molecule has 3 aliphatic rings. The van der Waals surface area contributed by atoms with E-state index in [2.05, 4.69) is 9.97 Å². The highest BCUT2D eigenvalue weighted by Crippen LogP contribution is 2.50. The monoisotopic (exact) mass is 399 g/mol. The molecule has 2 aromatic rings. The molecular formula is C20H25N5O2S. The van der Waals surface area contributed by atoms with Crippen LogP contribution in [0.5, 0.6) is 0 Å². The molecule has 5 rings (SSSR count). The van der Waals surface area contributed by atoms with Gasteiger partial charge in [-0.25, -0.2) is 9.97 Å². The van der Waals surface area contributed by atoms with Crippen LogP contribution in [-0.4, -0.2) is 62.3 Å². The average Bonchev–Trinajstić information content (AvgIpc) is 3.01. The third-order valence-corrected chi connectivity index (χ3v) is 7.24. The summed E-state index contributed by atoms with van der Waals surface area (Å²) in [5.74, 6) is 0.744. The lowest BCUT2D eigenvalue weighted by Crippen LogP contribution is -2.41. The van der Waals surface area contributed by atoms with Crippen LogP contribution >= 0.6 is 11.3 Å². The number of imidazole rings is 1. The average molecular weight is 400 g/mol. The molecule has 148 valence electrons. The molecule has 8 heteroatoms. The van der Waals surface area contributed by atoms with Crippen molar-refractivity contribution in [1.82, 2.24) is 24.3 Å². The van der Waals surface area contributed by atoms with E-state index < -0.39 is 5.41 Å². The van der Waals surface area contributed by atoms with Crippen molar-refractivity contribution in [3.8, 4) is 0 Å². The Kier molecular flexibility index (Phi) is 4.08. The Bertz CT molecular complexity index is 933. The molecule has 28 heavy (non-hydrogen) atoms. The molecule has 4 heterocycles. The molecule has 1 saturated carbocycles. The summed E-state index contributed by atoms with van der Waals surface area (Å²) < 4.78 is 1.92. The second-order valence-corrected chi connectivity index (χ2v) is 9.62. The molecule has 2 saturated heterocycles. The van der Waals surface area contributed by atoms with E-state index in [1.54, 1.807) is 6.33 Å². The summed E-state index contributed by atoms with van der Waals surface area (Å²) in [6.45, 7) is 4.55. The lowest BCUT2D eigenvalue weighted by molar-refractivity contribution is -0.136. The number of aromatic nitrogens is 3. The van der Waals surface area contributed by atoms with Crippen LogP contribution in [-0.2, 0) is 11.8 Å². The Hall–Kier alpha value is -2.22. The summed E-state index contributed by atoms with van der Waals surface area (Å²) in [5.41, 5.74) is 0.845. The van der Waals surface area contributed by atoms with E-state index in [-0.39, 0.29) is 17.7 Å². The zero-order chi connectivity index (χ0) is 19.5. The van der Waals surface area contributed by atoms with Crippen LogP contribution in [0.1, 0.15) is 46.4 Å². The van der Waals surface area contributed by atoms with Gasteiger partial charge < -0.3 is 14.4 Å². The Morgan fingerprint density at radius 3 is 2.86 bits per heavy atom. The Balaban J connectivity index is 1.46. The van der Waals surface area contributed by atoms with E-state index in [1.165, 1.54) is 24.2 Å². The van der Waals surface area contributed by atoms with Gasteiger partial charge in [-0.1, -0.05) is 0 Å². The molecule has 0 N–H and O–H groups in total. The number of nitrogens with zero attached hydrogens (tertiary/aromatic N) is 5. The Morgan fingerprint density at radius 2 is 2.21 bits per heavy atom. The van der Waals surface area contributed by atoms with Crippen molar-refractivity contribution in [2.75, 3.05) is 26.2 Å². The van der Waals surface area contributed by atoms with E-state index in [4.69, 9.17) is 0 Å². The van der Waals surface area contributed by atoms with Crippen molar-refractivity contribution < 1.29 is 9.59 Å². The van der Waals surface area contributed by atoms with Crippen molar-refractivity contribution >= 4 is 23.2 Å². The number of amides is 2. The minimum atomic E-state index is -0.552. The topological polar surface area (TPSA) is 71.3 Å². The van der Waals surface area contributed by atoms with Crippen LogP contribution in [0.4, 0.5) is 0 Å². The number of hydrogen-bond acceptors (Lipinski definition) is 5. The van der Waals surface area contributed by atoms with E-state index in [1.807, 2.05) is 39.9 Å². The quantitative estimate of drug-likeness (QED) is 0.789. The van der Waals surface area contributed by atoms with Gasteiger partial charge in [-0.15, -0.1) is 11.3 Å². The largest absolute Gasteiger partial charge is 0.342 e. The molecule has 3 fully saturated rings. The number of likely N-dealkylation sites (tertiary alicyclic amines) is 2. The maximum atomic E-state index is 13.5. The maximum absolute atomic E-state index is 13.5. The summed E-state index contributed by atoms with van der Waals surface area (Å²) >= 11 is 1.48. The number of thiazole rings is 1. The molecule has 2 amide bonds. The third-order valence-electron chi connectivity index (χ3n) is 6.47. The fourth-order valence-electron chi connectivity index (χ4n) is 4.79. The fraction of sp³-hybridized carbons (Fsp3) is 0.600. The summed E-state index contributed by atoms with van der Waals surface area (Å²) in [5, 5.41) is 2.69. The number of hydrogen-bond donors (Lipinski definition) is 0. The van der Waals surface area contributed by atoms with E-state index in [0.29, 0.717) is 24.7 Å². The van der Waals surface area contributed by atoms with Gasteiger partial charge >= 0.3 is 0 Å². The number of rotatable bonds is 4. The van der Waals surface area contributed by atoms with Gasteiger partial charge in [0, 0.05) is 50.7 Å². The van der Waals surface area contributed by atoms with E-state index >= 15 is 0 Å². The molecule has 7 nitrogen and oxygen atoms in total. The van der Waals surface area contributed by atoms with Gasteiger partial charge in [-0.2, -0.15) is 0 Å². The first kappa shape index (κ1) is 17.8. The van der Waals surface area contributed by atoms with Crippen LogP contribution in [0.25, 0.3) is 0 Å². The SMILES string of the molecule is Cc1nc(C(=O)N2C[C@@H](c3cn(C)cn3)[C@]3(CCN(CC4CC4)C3=O)C2)cs1. The minimum absolute atomic E-state index is 0.0610. The normalized spacial score (nSPS) is 27.4. The number of carbonyl (C=O) groups is 2. The van der Waals surface area contributed by atoms with Crippen molar-refractivity contribution in [2.45, 2.75) is 32.1 Å². The Labute approximate surface area is 168 Å². The molecule has 0 unspecified atom stereocenters. The molecule has 1 spiro atoms. The summed E-state index contributed by atoms with van der Waals surface area (Å²) in [6, 6.07) is 0. The molecule has 2 aromatic heterocycles. The van der Waals surface area contributed by atoms with Gasteiger partial charge in [-0.05, 0) is 32.1 Å². The first-order chi connectivity index (χ1) is 13.5. The van der Waals surface area contributed by atoms with Crippen LogP contribution in [0.3, 0.4) is 0 Å². The molecule has 0 bridgehead atoms. The molecular weight excluding hydrogens is 374 g/mol. The van der Waals surface area contributed by atoms with Crippen molar-refractivity contribution in [3.05, 3.63) is 34.3 Å². The van der Waals surface area contributed by atoms with Gasteiger partial charge in [0.15, 0.2) is 0 Å². The molecule has 2 atom stereocenters. The van der Waals surface area contributed by atoms with Crippen LogP contribution in [0.2, 0.25) is 0 Å².